The smallest absolute Gasteiger partial charge is 0.239 e. The van der Waals surface area contributed by atoms with E-state index in [9.17, 15) is 9.18 Å². The Bertz CT molecular complexity index is 626. The topological polar surface area (TPSA) is 64.2 Å². The zero-order valence-electron chi connectivity index (χ0n) is 12.2. The van der Waals surface area contributed by atoms with Gasteiger partial charge in [-0.15, -0.1) is 0 Å². The molecule has 3 rings (SSSR count). The molecule has 22 heavy (non-hydrogen) atoms. The van der Waals surface area contributed by atoms with E-state index >= 15 is 0 Å². The van der Waals surface area contributed by atoms with Crippen LogP contribution in [0.1, 0.15) is 24.4 Å². The molecule has 1 saturated heterocycles. The van der Waals surface area contributed by atoms with Gasteiger partial charge in [0.15, 0.2) is 0 Å². The van der Waals surface area contributed by atoms with Crippen molar-refractivity contribution >= 4 is 5.91 Å². The SMILES string of the molecule is NC(=O)C(c1ccc(F)cc1)N1CCCC1Cn1cccn1. The molecule has 1 amide bonds. The van der Waals surface area contributed by atoms with Crippen LogP contribution in [0.3, 0.4) is 0 Å². The summed E-state index contributed by atoms with van der Waals surface area (Å²) in [5.41, 5.74) is 6.36. The minimum atomic E-state index is -0.524. The quantitative estimate of drug-likeness (QED) is 0.914. The van der Waals surface area contributed by atoms with E-state index in [4.69, 9.17) is 5.73 Å². The Kier molecular flexibility index (Phi) is 4.20. The van der Waals surface area contributed by atoms with Crippen LogP contribution in [0.5, 0.6) is 0 Å². The third-order valence-electron chi connectivity index (χ3n) is 4.17. The lowest BCUT2D eigenvalue weighted by Crippen LogP contribution is -2.42. The molecule has 6 heteroatoms. The highest BCUT2D eigenvalue weighted by atomic mass is 19.1. The lowest BCUT2D eigenvalue weighted by atomic mass is 10.0. The fraction of sp³-hybridized carbons (Fsp3) is 0.375. The zero-order chi connectivity index (χ0) is 15.5. The Balaban J connectivity index is 1.83. The maximum absolute atomic E-state index is 13.1. The van der Waals surface area contributed by atoms with Crippen LogP contribution in [0.15, 0.2) is 42.7 Å². The van der Waals surface area contributed by atoms with E-state index in [1.54, 1.807) is 18.3 Å². The Morgan fingerprint density at radius 3 is 2.82 bits per heavy atom. The summed E-state index contributed by atoms with van der Waals surface area (Å²) in [5.74, 6) is -0.722. The van der Waals surface area contributed by atoms with E-state index in [0.29, 0.717) is 0 Å². The summed E-state index contributed by atoms with van der Waals surface area (Å²) in [7, 11) is 0. The molecule has 0 saturated carbocycles. The number of amides is 1. The van der Waals surface area contributed by atoms with Crippen molar-refractivity contribution in [2.45, 2.75) is 31.5 Å². The number of carbonyl (C=O) groups is 1. The van der Waals surface area contributed by atoms with Crippen molar-refractivity contribution in [1.29, 1.82) is 0 Å². The molecule has 1 fully saturated rings. The van der Waals surface area contributed by atoms with Gasteiger partial charge >= 0.3 is 0 Å². The maximum atomic E-state index is 13.1. The first-order valence-electron chi connectivity index (χ1n) is 7.43. The summed E-state index contributed by atoms with van der Waals surface area (Å²) in [6, 6.07) is 7.55. The second kappa shape index (κ2) is 6.27. The molecule has 2 atom stereocenters. The van der Waals surface area contributed by atoms with Crippen molar-refractivity contribution in [1.82, 2.24) is 14.7 Å². The number of nitrogens with two attached hydrogens (primary N) is 1. The summed E-state index contributed by atoms with van der Waals surface area (Å²) in [4.78, 5) is 14.1. The molecule has 1 aromatic carbocycles. The number of hydrogen-bond acceptors (Lipinski definition) is 3. The number of hydrogen-bond donors (Lipinski definition) is 1. The summed E-state index contributed by atoms with van der Waals surface area (Å²) in [6.45, 7) is 1.52. The van der Waals surface area contributed by atoms with E-state index < -0.39 is 11.9 Å². The molecule has 0 radical (unpaired) electrons. The number of benzene rings is 1. The number of rotatable bonds is 5. The molecule has 1 aliphatic rings. The predicted molar refractivity (Wildman–Crippen MR) is 80.3 cm³/mol. The highest BCUT2D eigenvalue weighted by Crippen LogP contribution is 2.30. The molecule has 116 valence electrons. The van der Waals surface area contributed by atoms with Crippen LogP contribution in [0.4, 0.5) is 4.39 Å². The number of aromatic nitrogens is 2. The third kappa shape index (κ3) is 3.01. The van der Waals surface area contributed by atoms with Gasteiger partial charge in [0.1, 0.15) is 11.9 Å². The first-order chi connectivity index (χ1) is 10.6. The van der Waals surface area contributed by atoms with Crippen molar-refractivity contribution in [2.24, 2.45) is 5.73 Å². The van der Waals surface area contributed by atoms with E-state index in [1.807, 2.05) is 16.9 Å². The van der Waals surface area contributed by atoms with Crippen molar-refractivity contribution in [2.75, 3.05) is 6.54 Å². The monoisotopic (exact) mass is 302 g/mol. The largest absolute Gasteiger partial charge is 0.368 e. The van der Waals surface area contributed by atoms with Crippen LogP contribution in [0.2, 0.25) is 0 Å². The molecule has 1 aromatic heterocycles. The van der Waals surface area contributed by atoms with Crippen LogP contribution >= 0.6 is 0 Å². The molecule has 0 bridgehead atoms. The van der Waals surface area contributed by atoms with Crippen molar-refractivity contribution < 1.29 is 9.18 Å². The van der Waals surface area contributed by atoms with Crippen LogP contribution < -0.4 is 5.73 Å². The third-order valence-corrected chi connectivity index (χ3v) is 4.17. The number of halogens is 1. The molecule has 5 nitrogen and oxygen atoms in total. The Hall–Kier alpha value is -2.21. The lowest BCUT2D eigenvalue weighted by Gasteiger charge is -2.31. The summed E-state index contributed by atoms with van der Waals surface area (Å²) in [6.07, 6.45) is 5.65. The number of nitrogens with zero attached hydrogens (tertiary/aromatic N) is 3. The molecule has 0 spiro atoms. The van der Waals surface area contributed by atoms with Gasteiger partial charge in [-0.3, -0.25) is 14.4 Å². The predicted octanol–water partition coefficient (Wildman–Crippen LogP) is 1.71. The first-order valence-corrected chi connectivity index (χ1v) is 7.43. The standard InChI is InChI=1S/C16H19FN4O/c17-13-6-4-12(5-7-13)15(16(18)22)21-10-1-3-14(21)11-20-9-2-8-19-20/h2,4-9,14-15H,1,3,10-11H2,(H2,18,22). The van der Waals surface area contributed by atoms with E-state index in [1.165, 1.54) is 12.1 Å². The van der Waals surface area contributed by atoms with Crippen LogP contribution in [0.25, 0.3) is 0 Å². The molecule has 0 aliphatic carbocycles. The molecule has 2 aromatic rings. The van der Waals surface area contributed by atoms with Crippen LogP contribution in [-0.2, 0) is 11.3 Å². The van der Waals surface area contributed by atoms with Gasteiger partial charge in [0.05, 0.1) is 6.54 Å². The first kappa shape index (κ1) is 14.7. The zero-order valence-corrected chi connectivity index (χ0v) is 12.2. The van der Waals surface area contributed by atoms with Gasteiger partial charge < -0.3 is 5.73 Å². The van der Waals surface area contributed by atoms with Gasteiger partial charge in [-0.2, -0.15) is 5.10 Å². The number of carbonyl (C=O) groups excluding carboxylic acids is 1. The van der Waals surface area contributed by atoms with E-state index in [-0.39, 0.29) is 11.9 Å². The van der Waals surface area contributed by atoms with Crippen LogP contribution in [0, 0.1) is 5.82 Å². The summed E-state index contributed by atoms with van der Waals surface area (Å²) < 4.78 is 15.0. The van der Waals surface area contributed by atoms with Gasteiger partial charge in [-0.25, -0.2) is 4.39 Å². The molecule has 2 unspecified atom stereocenters. The Morgan fingerprint density at radius 2 is 2.18 bits per heavy atom. The average Bonchev–Trinajstić information content (AvgIpc) is 3.14. The normalized spacial score (nSPS) is 20.1. The fourth-order valence-electron chi connectivity index (χ4n) is 3.18. The number of primary amides is 1. The molecular formula is C16H19FN4O. The van der Waals surface area contributed by atoms with Gasteiger partial charge in [-0.05, 0) is 43.1 Å². The highest BCUT2D eigenvalue weighted by Gasteiger charge is 2.35. The molecule has 2 heterocycles. The van der Waals surface area contributed by atoms with Crippen LogP contribution in [-0.4, -0.2) is 33.2 Å². The molecular weight excluding hydrogens is 283 g/mol. The van der Waals surface area contributed by atoms with Gasteiger partial charge in [-0.1, -0.05) is 12.1 Å². The highest BCUT2D eigenvalue weighted by molar-refractivity contribution is 5.81. The van der Waals surface area contributed by atoms with Gasteiger partial charge in [0.2, 0.25) is 5.91 Å². The Labute approximate surface area is 128 Å². The average molecular weight is 302 g/mol. The van der Waals surface area contributed by atoms with E-state index in [2.05, 4.69) is 10.00 Å². The van der Waals surface area contributed by atoms with Crippen molar-refractivity contribution in [3.05, 3.63) is 54.1 Å². The fourth-order valence-corrected chi connectivity index (χ4v) is 3.18. The Morgan fingerprint density at radius 1 is 1.41 bits per heavy atom. The lowest BCUT2D eigenvalue weighted by molar-refractivity contribution is -0.124. The minimum Gasteiger partial charge on any atom is -0.368 e. The number of likely N-dealkylation sites (tertiary alicyclic amines) is 1. The molecule has 2 N–H and O–H groups in total. The van der Waals surface area contributed by atoms with Crippen molar-refractivity contribution in [3.8, 4) is 0 Å². The van der Waals surface area contributed by atoms with E-state index in [0.717, 1.165) is 31.5 Å². The minimum absolute atomic E-state index is 0.197. The van der Waals surface area contributed by atoms with Gasteiger partial charge in [0.25, 0.3) is 0 Å². The second-order valence-electron chi connectivity index (χ2n) is 5.62. The second-order valence-corrected chi connectivity index (χ2v) is 5.62. The molecule has 1 aliphatic heterocycles. The maximum Gasteiger partial charge on any atom is 0.239 e. The van der Waals surface area contributed by atoms with Gasteiger partial charge in [0, 0.05) is 18.4 Å². The summed E-state index contributed by atoms with van der Waals surface area (Å²) in [5, 5.41) is 4.23. The van der Waals surface area contributed by atoms with Crippen molar-refractivity contribution in [3.63, 3.8) is 0 Å². The summed E-state index contributed by atoms with van der Waals surface area (Å²) >= 11 is 0.